The molecule has 0 saturated carbocycles. The molecule has 1 atom stereocenters. The first-order valence-electron chi connectivity index (χ1n) is 7.53. The third-order valence-electron chi connectivity index (χ3n) is 4.06. The second-order valence-electron chi connectivity index (χ2n) is 5.82. The van der Waals surface area contributed by atoms with Crippen LogP contribution in [0.25, 0.3) is 10.8 Å². The van der Waals surface area contributed by atoms with E-state index in [0.29, 0.717) is 18.7 Å². The molecule has 1 aromatic heterocycles. The zero-order chi connectivity index (χ0) is 15.7. The van der Waals surface area contributed by atoms with Crippen molar-refractivity contribution < 1.29 is 9.59 Å². The fourth-order valence-electron chi connectivity index (χ4n) is 2.88. The summed E-state index contributed by atoms with van der Waals surface area (Å²) in [4.78, 5) is 30.7. The van der Waals surface area contributed by atoms with Gasteiger partial charge in [-0.2, -0.15) is 0 Å². The number of hydrogen-bond donors (Lipinski definition) is 1. The zero-order valence-corrected chi connectivity index (χ0v) is 12.7. The van der Waals surface area contributed by atoms with Gasteiger partial charge in [0.15, 0.2) is 0 Å². The minimum absolute atomic E-state index is 0.0106. The highest BCUT2D eigenvalue weighted by molar-refractivity contribution is 6.06. The monoisotopic (exact) mass is 297 g/mol. The van der Waals surface area contributed by atoms with Gasteiger partial charge in [0.05, 0.1) is 0 Å². The molecule has 5 nitrogen and oxygen atoms in total. The Labute approximate surface area is 129 Å². The van der Waals surface area contributed by atoms with Crippen LogP contribution in [0.2, 0.25) is 0 Å². The Bertz CT molecular complexity index is 721. The Kier molecular flexibility index (Phi) is 3.79. The van der Waals surface area contributed by atoms with Crippen molar-refractivity contribution >= 4 is 22.6 Å². The molecular formula is C17H19N3O2. The Balaban J connectivity index is 1.81. The molecule has 1 fully saturated rings. The van der Waals surface area contributed by atoms with Gasteiger partial charge in [-0.15, -0.1) is 0 Å². The van der Waals surface area contributed by atoms with Crippen LogP contribution in [0.1, 0.15) is 30.8 Å². The van der Waals surface area contributed by atoms with E-state index in [0.717, 1.165) is 10.8 Å². The van der Waals surface area contributed by atoms with Crippen molar-refractivity contribution in [3.05, 3.63) is 42.2 Å². The summed E-state index contributed by atoms with van der Waals surface area (Å²) in [7, 11) is 0. The fraction of sp³-hybridized carbons (Fsp3) is 0.353. The summed E-state index contributed by atoms with van der Waals surface area (Å²) >= 11 is 0. The summed E-state index contributed by atoms with van der Waals surface area (Å²) in [6, 6.07) is 9.18. The number of likely N-dealkylation sites (tertiary alicyclic amines) is 1. The lowest BCUT2D eigenvalue weighted by atomic mass is 10.1. The molecule has 1 aromatic carbocycles. The summed E-state index contributed by atoms with van der Waals surface area (Å²) in [6.45, 7) is 4.65. The number of nitrogens with one attached hydrogen (secondary N) is 1. The highest BCUT2D eigenvalue weighted by Gasteiger charge is 2.34. The molecule has 5 heteroatoms. The van der Waals surface area contributed by atoms with Crippen molar-refractivity contribution in [2.45, 2.75) is 32.4 Å². The molecule has 1 aliphatic rings. The lowest BCUT2D eigenvalue weighted by Crippen LogP contribution is -2.43. The second-order valence-corrected chi connectivity index (χ2v) is 5.82. The molecule has 0 aliphatic carbocycles. The fourth-order valence-corrected chi connectivity index (χ4v) is 2.88. The van der Waals surface area contributed by atoms with Gasteiger partial charge < -0.3 is 10.2 Å². The van der Waals surface area contributed by atoms with Gasteiger partial charge >= 0.3 is 0 Å². The third-order valence-corrected chi connectivity index (χ3v) is 4.06. The number of pyridine rings is 1. The third kappa shape index (κ3) is 2.54. The standard InChI is InChI=1S/C17H19N3O2/c1-11(2)20-10-8-14(17(20)22)19-16(21)15-13-6-4-3-5-12(13)7-9-18-15/h3-7,9,11,14H,8,10H2,1-2H3,(H,19,21). The van der Waals surface area contributed by atoms with E-state index in [1.54, 1.807) is 11.1 Å². The van der Waals surface area contributed by atoms with Crippen molar-refractivity contribution in [1.29, 1.82) is 0 Å². The number of fused-ring (bicyclic) bond motifs is 1. The van der Waals surface area contributed by atoms with Crippen LogP contribution in [0, 0.1) is 0 Å². The van der Waals surface area contributed by atoms with Crippen molar-refractivity contribution in [2.75, 3.05) is 6.54 Å². The van der Waals surface area contributed by atoms with Crippen molar-refractivity contribution in [2.24, 2.45) is 0 Å². The Morgan fingerprint density at radius 1 is 1.32 bits per heavy atom. The number of hydrogen-bond acceptors (Lipinski definition) is 3. The molecule has 1 N–H and O–H groups in total. The summed E-state index contributed by atoms with van der Waals surface area (Å²) < 4.78 is 0. The maximum absolute atomic E-state index is 12.5. The molecule has 3 rings (SSSR count). The van der Waals surface area contributed by atoms with Gasteiger partial charge in [0.2, 0.25) is 5.91 Å². The molecule has 114 valence electrons. The number of aromatic nitrogens is 1. The minimum atomic E-state index is -0.448. The highest BCUT2D eigenvalue weighted by Crippen LogP contribution is 2.18. The highest BCUT2D eigenvalue weighted by atomic mass is 16.2. The Morgan fingerprint density at radius 3 is 2.82 bits per heavy atom. The van der Waals surface area contributed by atoms with E-state index in [4.69, 9.17) is 0 Å². The molecule has 2 aromatic rings. The number of rotatable bonds is 3. The minimum Gasteiger partial charge on any atom is -0.339 e. The van der Waals surface area contributed by atoms with E-state index in [9.17, 15) is 9.59 Å². The van der Waals surface area contributed by atoms with Crippen LogP contribution >= 0.6 is 0 Å². The van der Waals surface area contributed by atoms with Crippen molar-refractivity contribution in [1.82, 2.24) is 15.2 Å². The second kappa shape index (κ2) is 5.75. The summed E-state index contributed by atoms with van der Waals surface area (Å²) in [5, 5.41) is 4.59. The summed E-state index contributed by atoms with van der Waals surface area (Å²) in [6.07, 6.45) is 2.27. The molecule has 2 amide bonds. The molecule has 22 heavy (non-hydrogen) atoms. The van der Waals surface area contributed by atoms with Gasteiger partial charge in [0.1, 0.15) is 11.7 Å². The average Bonchev–Trinajstić information content (AvgIpc) is 2.88. The predicted molar refractivity (Wildman–Crippen MR) is 84.5 cm³/mol. The summed E-state index contributed by atoms with van der Waals surface area (Å²) in [5.41, 5.74) is 0.369. The Hall–Kier alpha value is -2.43. The van der Waals surface area contributed by atoms with E-state index in [1.165, 1.54) is 0 Å². The molecule has 1 aliphatic heterocycles. The van der Waals surface area contributed by atoms with Gasteiger partial charge in [0.25, 0.3) is 5.91 Å². The topological polar surface area (TPSA) is 62.3 Å². The quantitative estimate of drug-likeness (QED) is 0.942. The van der Waals surface area contributed by atoms with Gasteiger partial charge in [0, 0.05) is 24.2 Å². The SMILES string of the molecule is CC(C)N1CCC(NC(=O)c2nccc3ccccc23)C1=O. The lowest BCUT2D eigenvalue weighted by Gasteiger charge is -2.21. The van der Waals surface area contributed by atoms with Gasteiger partial charge in [-0.3, -0.25) is 14.6 Å². The van der Waals surface area contributed by atoms with E-state index in [-0.39, 0.29) is 17.9 Å². The molecule has 0 radical (unpaired) electrons. The summed E-state index contributed by atoms with van der Waals surface area (Å²) in [5.74, 6) is -0.302. The smallest absolute Gasteiger partial charge is 0.271 e. The van der Waals surface area contributed by atoms with E-state index < -0.39 is 6.04 Å². The molecule has 2 heterocycles. The maximum atomic E-state index is 12.5. The average molecular weight is 297 g/mol. The molecule has 1 saturated heterocycles. The number of benzene rings is 1. The first-order chi connectivity index (χ1) is 10.6. The van der Waals surface area contributed by atoms with E-state index in [2.05, 4.69) is 10.3 Å². The number of carbonyl (C=O) groups excluding carboxylic acids is 2. The molecular weight excluding hydrogens is 278 g/mol. The van der Waals surface area contributed by atoms with Crippen molar-refractivity contribution in [3.63, 3.8) is 0 Å². The lowest BCUT2D eigenvalue weighted by molar-refractivity contribution is -0.130. The largest absolute Gasteiger partial charge is 0.339 e. The first-order valence-corrected chi connectivity index (χ1v) is 7.53. The van der Waals surface area contributed by atoms with Crippen LogP contribution in [-0.4, -0.2) is 40.3 Å². The zero-order valence-electron chi connectivity index (χ0n) is 12.7. The number of nitrogens with zero attached hydrogens (tertiary/aromatic N) is 2. The van der Waals surface area contributed by atoms with Crippen LogP contribution in [-0.2, 0) is 4.79 Å². The first kappa shape index (κ1) is 14.5. The van der Waals surface area contributed by atoms with Crippen LogP contribution in [0.3, 0.4) is 0 Å². The number of carbonyl (C=O) groups is 2. The normalized spacial score (nSPS) is 18.2. The molecule has 0 spiro atoms. The van der Waals surface area contributed by atoms with E-state index >= 15 is 0 Å². The van der Waals surface area contributed by atoms with Gasteiger partial charge in [-0.1, -0.05) is 24.3 Å². The predicted octanol–water partition coefficient (Wildman–Crippen LogP) is 1.97. The van der Waals surface area contributed by atoms with E-state index in [1.807, 2.05) is 44.2 Å². The van der Waals surface area contributed by atoms with Crippen molar-refractivity contribution in [3.8, 4) is 0 Å². The van der Waals surface area contributed by atoms with Crippen LogP contribution in [0.15, 0.2) is 36.5 Å². The van der Waals surface area contributed by atoms with Crippen LogP contribution < -0.4 is 5.32 Å². The molecule has 0 bridgehead atoms. The van der Waals surface area contributed by atoms with Crippen LogP contribution in [0.5, 0.6) is 0 Å². The Morgan fingerprint density at radius 2 is 2.09 bits per heavy atom. The maximum Gasteiger partial charge on any atom is 0.271 e. The van der Waals surface area contributed by atoms with Gasteiger partial charge in [-0.25, -0.2) is 0 Å². The van der Waals surface area contributed by atoms with Gasteiger partial charge in [-0.05, 0) is 31.7 Å². The molecule has 1 unspecified atom stereocenters. The van der Waals surface area contributed by atoms with Crippen LogP contribution in [0.4, 0.5) is 0 Å². The number of amides is 2.